The SMILES string of the molecule is N#CCCOC1CCC(n2nnc3cnc4c(ccn4S(=O)(=O)c4ccccc4)c32)CC1. The van der Waals surface area contributed by atoms with E-state index in [0.29, 0.717) is 29.6 Å². The second kappa shape index (κ2) is 8.33. The molecule has 0 radical (unpaired) electrons. The Labute approximate surface area is 185 Å². The van der Waals surface area contributed by atoms with Gasteiger partial charge in [-0.05, 0) is 43.9 Å². The summed E-state index contributed by atoms with van der Waals surface area (Å²) in [4.78, 5) is 4.60. The molecule has 0 spiro atoms. The largest absolute Gasteiger partial charge is 0.377 e. The summed E-state index contributed by atoms with van der Waals surface area (Å²) in [5.41, 5.74) is 1.80. The maximum atomic E-state index is 13.2. The van der Waals surface area contributed by atoms with Crippen molar-refractivity contribution in [3.8, 4) is 6.07 Å². The first-order valence-corrected chi connectivity index (χ1v) is 12.0. The van der Waals surface area contributed by atoms with Crippen molar-refractivity contribution in [2.75, 3.05) is 6.61 Å². The number of aromatic nitrogens is 5. The van der Waals surface area contributed by atoms with Crippen molar-refractivity contribution in [2.24, 2.45) is 0 Å². The van der Waals surface area contributed by atoms with Gasteiger partial charge in [-0.2, -0.15) is 5.26 Å². The summed E-state index contributed by atoms with van der Waals surface area (Å²) < 4.78 is 35.2. The van der Waals surface area contributed by atoms with Crippen LogP contribution >= 0.6 is 0 Å². The van der Waals surface area contributed by atoms with Gasteiger partial charge < -0.3 is 4.74 Å². The Morgan fingerprint density at radius 3 is 2.66 bits per heavy atom. The summed E-state index contributed by atoms with van der Waals surface area (Å²) in [6.45, 7) is 0.466. The highest BCUT2D eigenvalue weighted by Crippen LogP contribution is 2.34. The second-order valence-corrected chi connectivity index (χ2v) is 9.72. The highest BCUT2D eigenvalue weighted by Gasteiger charge is 2.27. The molecule has 3 aromatic heterocycles. The van der Waals surface area contributed by atoms with E-state index in [1.54, 1.807) is 42.6 Å². The van der Waals surface area contributed by atoms with Crippen molar-refractivity contribution in [1.82, 2.24) is 24.0 Å². The predicted octanol–water partition coefficient (Wildman–Crippen LogP) is 3.43. The minimum Gasteiger partial charge on any atom is -0.377 e. The molecular formula is C22H22N6O3S. The molecule has 0 atom stereocenters. The van der Waals surface area contributed by atoms with Gasteiger partial charge in [-0.25, -0.2) is 22.1 Å². The van der Waals surface area contributed by atoms with Gasteiger partial charge in [0.25, 0.3) is 10.0 Å². The van der Waals surface area contributed by atoms with Crippen LogP contribution in [0.1, 0.15) is 38.1 Å². The number of rotatable bonds is 6. The van der Waals surface area contributed by atoms with E-state index in [0.717, 1.165) is 31.2 Å². The van der Waals surface area contributed by atoms with Crippen LogP contribution in [0.25, 0.3) is 22.1 Å². The van der Waals surface area contributed by atoms with Gasteiger partial charge in [0.2, 0.25) is 0 Å². The van der Waals surface area contributed by atoms with Gasteiger partial charge in [-0.3, -0.25) is 0 Å². The first-order chi connectivity index (χ1) is 15.6. The average Bonchev–Trinajstić information content (AvgIpc) is 3.45. The van der Waals surface area contributed by atoms with Crippen molar-refractivity contribution in [2.45, 2.75) is 49.1 Å². The molecule has 10 heteroatoms. The van der Waals surface area contributed by atoms with E-state index >= 15 is 0 Å². The summed E-state index contributed by atoms with van der Waals surface area (Å²) in [5, 5.41) is 18.0. The molecule has 1 aromatic carbocycles. The lowest BCUT2D eigenvalue weighted by atomic mass is 9.93. The van der Waals surface area contributed by atoms with Crippen molar-refractivity contribution >= 4 is 32.1 Å². The Kier molecular flexibility index (Phi) is 5.36. The number of nitrogens with zero attached hydrogens (tertiary/aromatic N) is 6. The van der Waals surface area contributed by atoms with Crippen LogP contribution in [-0.4, -0.2) is 45.1 Å². The van der Waals surface area contributed by atoms with Crippen LogP contribution in [0.5, 0.6) is 0 Å². The number of hydrogen-bond acceptors (Lipinski definition) is 7. The molecule has 1 saturated carbocycles. The van der Waals surface area contributed by atoms with Crippen LogP contribution in [-0.2, 0) is 14.8 Å². The summed E-state index contributed by atoms with van der Waals surface area (Å²) in [7, 11) is -3.77. The Morgan fingerprint density at radius 1 is 1.12 bits per heavy atom. The lowest BCUT2D eigenvalue weighted by molar-refractivity contribution is 0.0217. The Morgan fingerprint density at radius 2 is 1.91 bits per heavy atom. The Bertz CT molecular complexity index is 1400. The Balaban J connectivity index is 1.48. The molecule has 1 aliphatic carbocycles. The quantitative estimate of drug-likeness (QED) is 0.413. The van der Waals surface area contributed by atoms with E-state index in [1.807, 2.05) is 4.68 Å². The third-order valence-electron chi connectivity index (χ3n) is 5.97. The highest BCUT2D eigenvalue weighted by atomic mass is 32.2. The van der Waals surface area contributed by atoms with E-state index in [4.69, 9.17) is 10.00 Å². The second-order valence-electron chi connectivity index (χ2n) is 7.90. The van der Waals surface area contributed by atoms with Gasteiger partial charge in [0.15, 0.2) is 5.65 Å². The fraction of sp³-hybridized carbons (Fsp3) is 0.364. The predicted molar refractivity (Wildman–Crippen MR) is 117 cm³/mol. The van der Waals surface area contributed by atoms with Gasteiger partial charge in [0.1, 0.15) is 11.0 Å². The molecule has 0 saturated heterocycles. The minimum absolute atomic E-state index is 0.149. The van der Waals surface area contributed by atoms with E-state index in [1.165, 1.54) is 10.2 Å². The maximum absolute atomic E-state index is 13.2. The Hall–Kier alpha value is -3.29. The lowest BCUT2D eigenvalue weighted by Crippen LogP contribution is -2.24. The molecule has 164 valence electrons. The van der Waals surface area contributed by atoms with Gasteiger partial charge in [0, 0.05) is 11.6 Å². The van der Waals surface area contributed by atoms with Crippen LogP contribution in [0, 0.1) is 11.3 Å². The van der Waals surface area contributed by atoms with Crippen LogP contribution < -0.4 is 0 Å². The van der Waals surface area contributed by atoms with Crippen LogP contribution in [0.3, 0.4) is 0 Å². The highest BCUT2D eigenvalue weighted by molar-refractivity contribution is 7.90. The number of ether oxygens (including phenoxy) is 1. The van der Waals surface area contributed by atoms with E-state index in [9.17, 15) is 8.42 Å². The molecule has 0 unspecified atom stereocenters. The third kappa shape index (κ3) is 3.53. The fourth-order valence-corrected chi connectivity index (χ4v) is 5.70. The van der Waals surface area contributed by atoms with Crippen LogP contribution in [0.2, 0.25) is 0 Å². The zero-order chi connectivity index (χ0) is 22.1. The molecule has 0 amide bonds. The number of benzene rings is 1. The first kappa shape index (κ1) is 20.6. The van der Waals surface area contributed by atoms with E-state index in [-0.39, 0.29) is 17.0 Å². The normalized spacial score (nSPS) is 19.3. The van der Waals surface area contributed by atoms with E-state index in [2.05, 4.69) is 21.4 Å². The number of hydrogen-bond donors (Lipinski definition) is 0. The molecule has 9 nitrogen and oxygen atoms in total. The molecular weight excluding hydrogens is 428 g/mol. The molecule has 0 N–H and O–H groups in total. The van der Waals surface area contributed by atoms with Crippen LogP contribution in [0.15, 0.2) is 53.7 Å². The van der Waals surface area contributed by atoms with Gasteiger partial charge >= 0.3 is 0 Å². The van der Waals surface area contributed by atoms with Gasteiger partial charge in [-0.15, -0.1) is 5.10 Å². The minimum atomic E-state index is -3.77. The molecule has 1 aliphatic rings. The molecule has 3 heterocycles. The molecule has 0 bridgehead atoms. The summed E-state index contributed by atoms with van der Waals surface area (Å²) >= 11 is 0. The zero-order valence-corrected chi connectivity index (χ0v) is 18.1. The van der Waals surface area contributed by atoms with Gasteiger partial charge in [0.05, 0.1) is 42.3 Å². The van der Waals surface area contributed by atoms with Crippen molar-refractivity contribution in [3.05, 3.63) is 48.8 Å². The van der Waals surface area contributed by atoms with E-state index < -0.39 is 10.0 Å². The van der Waals surface area contributed by atoms with Crippen molar-refractivity contribution < 1.29 is 13.2 Å². The number of nitriles is 1. The van der Waals surface area contributed by atoms with Crippen molar-refractivity contribution in [1.29, 1.82) is 5.26 Å². The lowest BCUT2D eigenvalue weighted by Gasteiger charge is -2.28. The molecule has 5 rings (SSSR count). The fourth-order valence-electron chi connectivity index (χ4n) is 4.38. The van der Waals surface area contributed by atoms with Gasteiger partial charge in [-0.1, -0.05) is 23.4 Å². The first-order valence-electron chi connectivity index (χ1n) is 10.6. The maximum Gasteiger partial charge on any atom is 0.269 e. The topological polar surface area (TPSA) is 116 Å². The number of pyridine rings is 1. The third-order valence-corrected chi connectivity index (χ3v) is 7.65. The molecule has 32 heavy (non-hydrogen) atoms. The zero-order valence-electron chi connectivity index (χ0n) is 17.3. The summed E-state index contributed by atoms with van der Waals surface area (Å²) in [6.07, 6.45) is 7.20. The molecule has 1 fully saturated rings. The standard InChI is InChI=1S/C22H22N6O3S/c23-12-4-14-31-17-9-7-16(8-10-17)28-21-19-11-13-27(22(19)24-15-20(21)25-26-28)32(29,30)18-5-2-1-3-6-18/h1-3,5-6,11,13,15-17H,4,7-10,14H2. The smallest absolute Gasteiger partial charge is 0.269 e. The molecule has 4 aromatic rings. The van der Waals surface area contributed by atoms with Crippen LogP contribution in [0.4, 0.5) is 0 Å². The van der Waals surface area contributed by atoms with Crippen molar-refractivity contribution in [3.63, 3.8) is 0 Å². The summed E-state index contributed by atoms with van der Waals surface area (Å²) in [6, 6.07) is 12.3. The monoisotopic (exact) mass is 450 g/mol. The number of fused-ring (bicyclic) bond motifs is 3. The molecule has 0 aliphatic heterocycles. The average molecular weight is 451 g/mol. The summed E-state index contributed by atoms with van der Waals surface area (Å²) in [5.74, 6) is 0.